The van der Waals surface area contributed by atoms with Crippen molar-refractivity contribution in [3.05, 3.63) is 182 Å². The molecule has 3 heteroatoms. The van der Waals surface area contributed by atoms with Gasteiger partial charge >= 0.3 is 0 Å². The predicted octanol–water partition coefficient (Wildman–Crippen LogP) is 13.0. The molecule has 10 aromatic rings. The van der Waals surface area contributed by atoms with E-state index in [1.165, 1.54) is 38.3 Å². The zero-order chi connectivity index (χ0) is 32.3. The summed E-state index contributed by atoms with van der Waals surface area (Å²) in [5.41, 5.74) is 10.7. The summed E-state index contributed by atoms with van der Waals surface area (Å²) in [6, 6.07) is 65.0. The minimum Gasteiger partial charge on any atom is -0.454 e. The largest absolute Gasteiger partial charge is 0.454 e. The monoisotopic (exact) mass is 626 g/mol. The summed E-state index contributed by atoms with van der Waals surface area (Å²) in [5.74, 6) is 0. The van der Waals surface area contributed by atoms with Crippen molar-refractivity contribution < 1.29 is 4.42 Å². The Labute approximate surface area is 283 Å². The second kappa shape index (κ2) is 11.0. The highest BCUT2D eigenvalue weighted by Crippen LogP contribution is 2.48. The zero-order valence-corrected chi connectivity index (χ0v) is 26.6. The fourth-order valence-corrected chi connectivity index (χ4v) is 7.57. The molecular formula is C46H30N2O. The Kier molecular flexibility index (Phi) is 6.18. The fourth-order valence-electron chi connectivity index (χ4n) is 7.57. The van der Waals surface area contributed by atoms with E-state index < -0.39 is 0 Å². The van der Waals surface area contributed by atoms with Gasteiger partial charge in [-0.15, -0.1) is 0 Å². The van der Waals surface area contributed by atoms with Gasteiger partial charge in [-0.2, -0.15) is 0 Å². The van der Waals surface area contributed by atoms with Crippen molar-refractivity contribution in [1.29, 1.82) is 0 Å². The molecule has 10 rings (SSSR count). The average molecular weight is 627 g/mol. The van der Waals surface area contributed by atoms with Gasteiger partial charge in [-0.05, 0) is 59.0 Å². The van der Waals surface area contributed by atoms with E-state index in [1.807, 2.05) is 6.07 Å². The van der Waals surface area contributed by atoms with Crippen LogP contribution in [0.2, 0.25) is 0 Å². The van der Waals surface area contributed by atoms with E-state index in [2.05, 4.69) is 185 Å². The second-order valence-corrected chi connectivity index (χ2v) is 12.5. The van der Waals surface area contributed by atoms with Gasteiger partial charge < -0.3 is 13.9 Å². The van der Waals surface area contributed by atoms with Gasteiger partial charge in [0.1, 0.15) is 5.58 Å². The summed E-state index contributed by atoms with van der Waals surface area (Å²) in [4.78, 5) is 2.40. The third-order valence-corrected chi connectivity index (χ3v) is 9.78. The van der Waals surface area contributed by atoms with E-state index in [1.54, 1.807) is 0 Å². The first kappa shape index (κ1) is 27.5. The van der Waals surface area contributed by atoms with Gasteiger partial charge in [0.25, 0.3) is 0 Å². The van der Waals surface area contributed by atoms with Crippen LogP contribution in [-0.4, -0.2) is 4.57 Å². The highest BCUT2D eigenvalue weighted by Gasteiger charge is 2.25. The van der Waals surface area contributed by atoms with Crippen LogP contribution in [0.4, 0.5) is 17.1 Å². The Morgan fingerprint density at radius 1 is 0.408 bits per heavy atom. The lowest BCUT2D eigenvalue weighted by Gasteiger charge is -2.30. The summed E-state index contributed by atoms with van der Waals surface area (Å²) in [6.45, 7) is 0. The number of nitrogens with zero attached hydrogens (tertiary/aromatic N) is 2. The topological polar surface area (TPSA) is 21.3 Å². The minimum absolute atomic E-state index is 0.858. The summed E-state index contributed by atoms with van der Waals surface area (Å²) in [6.07, 6.45) is 0. The molecule has 0 amide bonds. The zero-order valence-electron chi connectivity index (χ0n) is 26.6. The number of aromatic nitrogens is 1. The van der Waals surface area contributed by atoms with E-state index in [0.717, 1.165) is 50.1 Å². The van der Waals surface area contributed by atoms with E-state index in [9.17, 15) is 0 Å². The lowest BCUT2D eigenvalue weighted by Crippen LogP contribution is -2.14. The quantitative estimate of drug-likeness (QED) is 0.190. The number of furan rings is 1. The molecule has 230 valence electrons. The molecule has 0 saturated heterocycles. The first-order valence-electron chi connectivity index (χ1n) is 16.7. The Bertz CT molecular complexity index is 2770. The van der Waals surface area contributed by atoms with Crippen LogP contribution in [0, 0.1) is 0 Å². The molecule has 0 aliphatic heterocycles. The van der Waals surface area contributed by atoms with Gasteiger partial charge in [-0.1, -0.05) is 140 Å². The summed E-state index contributed by atoms with van der Waals surface area (Å²) in [7, 11) is 0. The molecule has 0 radical (unpaired) electrons. The Hall–Kier alpha value is -6.58. The van der Waals surface area contributed by atoms with Crippen molar-refractivity contribution >= 4 is 71.6 Å². The molecular weight excluding hydrogens is 597 g/mol. The van der Waals surface area contributed by atoms with Crippen LogP contribution in [0.15, 0.2) is 186 Å². The number of rotatable bonds is 5. The van der Waals surface area contributed by atoms with Crippen molar-refractivity contribution in [2.45, 2.75) is 0 Å². The summed E-state index contributed by atoms with van der Waals surface area (Å²) < 4.78 is 9.16. The van der Waals surface area contributed by atoms with E-state index in [-0.39, 0.29) is 0 Å². The molecule has 0 bridgehead atoms. The van der Waals surface area contributed by atoms with Gasteiger partial charge in [0.05, 0.1) is 28.1 Å². The molecule has 3 nitrogen and oxygen atoms in total. The SMILES string of the molecule is c1ccc(-c2ccc(N(c3c(-n4c5ccccc5c5ccccc54)ccc4ccccc34)c3cccc4c3oc3ccccc34)cc2)cc1. The Morgan fingerprint density at radius 3 is 1.76 bits per heavy atom. The number of hydrogen-bond acceptors (Lipinski definition) is 2. The van der Waals surface area contributed by atoms with Crippen LogP contribution in [0.1, 0.15) is 0 Å². The van der Waals surface area contributed by atoms with Crippen molar-refractivity contribution in [1.82, 2.24) is 4.57 Å². The maximum absolute atomic E-state index is 6.74. The van der Waals surface area contributed by atoms with Crippen LogP contribution in [-0.2, 0) is 0 Å². The fraction of sp³-hybridized carbons (Fsp3) is 0. The molecule has 0 N–H and O–H groups in total. The Morgan fingerprint density at radius 2 is 1.00 bits per heavy atom. The molecule has 2 heterocycles. The molecule has 49 heavy (non-hydrogen) atoms. The number of anilines is 3. The second-order valence-electron chi connectivity index (χ2n) is 12.5. The lowest BCUT2D eigenvalue weighted by molar-refractivity contribution is 0.669. The molecule has 0 spiro atoms. The predicted molar refractivity (Wildman–Crippen MR) is 206 cm³/mol. The molecule has 0 saturated carbocycles. The van der Waals surface area contributed by atoms with Crippen LogP contribution in [0.3, 0.4) is 0 Å². The number of para-hydroxylation sites is 4. The van der Waals surface area contributed by atoms with Crippen molar-refractivity contribution in [2.75, 3.05) is 4.90 Å². The molecule has 0 aliphatic carbocycles. The smallest absolute Gasteiger partial charge is 0.159 e. The normalized spacial score (nSPS) is 11.7. The molecule has 8 aromatic carbocycles. The summed E-state index contributed by atoms with van der Waals surface area (Å²) in [5, 5.41) is 6.99. The van der Waals surface area contributed by atoms with E-state index >= 15 is 0 Å². The van der Waals surface area contributed by atoms with Crippen LogP contribution in [0.5, 0.6) is 0 Å². The van der Waals surface area contributed by atoms with Gasteiger partial charge in [0, 0.05) is 32.6 Å². The van der Waals surface area contributed by atoms with Crippen LogP contribution in [0.25, 0.3) is 71.3 Å². The van der Waals surface area contributed by atoms with E-state index in [4.69, 9.17) is 4.42 Å². The first-order chi connectivity index (χ1) is 24.3. The Balaban J connectivity index is 1.33. The van der Waals surface area contributed by atoms with Crippen LogP contribution >= 0.6 is 0 Å². The van der Waals surface area contributed by atoms with E-state index in [0.29, 0.717) is 0 Å². The number of benzene rings is 8. The van der Waals surface area contributed by atoms with Gasteiger partial charge in [-0.3, -0.25) is 0 Å². The molecule has 0 fully saturated rings. The van der Waals surface area contributed by atoms with Gasteiger partial charge in [0.2, 0.25) is 0 Å². The molecule has 0 atom stereocenters. The lowest BCUT2D eigenvalue weighted by atomic mass is 10.0. The maximum atomic E-state index is 6.74. The number of fused-ring (bicyclic) bond motifs is 7. The minimum atomic E-state index is 0.858. The summed E-state index contributed by atoms with van der Waals surface area (Å²) >= 11 is 0. The third kappa shape index (κ3) is 4.29. The van der Waals surface area contributed by atoms with Crippen molar-refractivity contribution in [2.24, 2.45) is 0 Å². The van der Waals surface area contributed by atoms with Crippen molar-refractivity contribution in [3.8, 4) is 16.8 Å². The third-order valence-electron chi connectivity index (χ3n) is 9.78. The highest BCUT2D eigenvalue weighted by atomic mass is 16.3. The standard InChI is InChI=1S/C46H30N2O/c1-2-13-31(14-3-1)32-25-28-34(29-26-32)47(43-23-12-20-39-38-19-8-11-24-44(38)49-46(39)43)45-35-16-5-4-15-33(35)27-30-42(45)48-40-21-9-6-17-36(40)37-18-7-10-22-41(37)48/h1-30H. The average Bonchev–Trinajstić information content (AvgIpc) is 3.72. The van der Waals surface area contributed by atoms with Gasteiger partial charge in [-0.25, -0.2) is 0 Å². The van der Waals surface area contributed by atoms with Crippen molar-refractivity contribution in [3.63, 3.8) is 0 Å². The first-order valence-corrected chi connectivity index (χ1v) is 16.7. The van der Waals surface area contributed by atoms with Crippen LogP contribution < -0.4 is 4.90 Å². The molecule has 2 aromatic heterocycles. The highest BCUT2D eigenvalue weighted by molar-refractivity contribution is 6.14. The molecule has 0 aliphatic rings. The van der Waals surface area contributed by atoms with Gasteiger partial charge in [0.15, 0.2) is 5.58 Å². The number of hydrogen-bond donors (Lipinski definition) is 0. The maximum Gasteiger partial charge on any atom is 0.159 e. The molecule has 0 unspecified atom stereocenters.